The number of halogens is 2. The number of amides is 1. The smallest absolute Gasteiger partial charge is 0.265 e. The summed E-state index contributed by atoms with van der Waals surface area (Å²) in [6.07, 6.45) is 1.58. The van der Waals surface area contributed by atoms with Gasteiger partial charge in [0.15, 0.2) is 5.65 Å². The van der Waals surface area contributed by atoms with Gasteiger partial charge in [-0.05, 0) is 42.0 Å². The first-order valence-electron chi connectivity index (χ1n) is 8.17. The summed E-state index contributed by atoms with van der Waals surface area (Å²) in [5.74, 6) is -0.910. The summed E-state index contributed by atoms with van der Waals surface area (Å²) in [7, 11) is 0. The first-order valence-corrected chi connectivity index (χ1v) is 8.54. The van der Waals surface area contributed by atoms with Crippen molar-refractivity contribution in [2.45, 2.75) is 6.54 Å². The Balaban J connectivity index is 1.71. The Morgan fingerprint density at radius 1 is 1.15 bits per heavy atom. The minimum Gasteiger partial charge on any atom is -0.348 e. The first kappa shape index (κ1) is 17.2. The monoisotopic (exact) mass is 381 g/mol. The highest BCUT2D eigenvalue weighted by atomic mass is 35.5. The average Bonchev–Trinajstić information content (AvgIpc) is 2.68. The van der Waals surface area contributed by atoms with Crippen molar-refractivity contribution in [3.05, 3.63) is 93.1 Å². The van der Waals surface area contributed by atoms with Crippen LogP contribution >= 0.6 is 11.6 Å². The molecule has 5 nitrogen and oxygen atoms in total. The van der Waals surface area contributed by atoms with Crippen molar-refractivity contribution < 1.29 is 9.18 Å². The Labute approximate surface area is 158 Å². The van der Waals surface area contributed by atoms with Crippen molar-refractivity contribution in [2.75, 3.05) is 0 Å². The van der Waals surface area contributed by atoms with Crippen LogP contribution in [0.4, 0.5) is 4.39 Å². The number of hydrogen-bond acceptors (Lipinski definition) is 3. The Hall–Kier alpha value is -3.25. The topological polar surface area (TPSA) is 63.5 Å². The summed E-state index contributed by atoms with van der Waals surface area (Å²) in [5.41, 5.74) is 1.48. The molecule has 1 amide bonds. The molecule has 0 atom stereocenters. The minimum absolute atomic E-state index is 0.00778. The fourth-order valence-electron chi connectivity index (χ4n) is 2.88. The van der Waals surface area contributed by atoms with Crippen molar-refractivity contribution in [1.82, 2.24) is 14.7 Å². The molecule has 4 rings (SSSR count). The molecule has 4 aromatic rings. The van der Waals surface area contributed by atoms with Crippen molar-refractivity contribution in [3.8, 4) is 0 Å². The molecular formula is C20H13ClFN3O2. The maximum absolute atomic E-state index is 13.2. The van der Waals surface area contributed by atoms with Crippen LogP contribution in [0.1, 0.15) is 15.9 Å². The summed E-state index contributed by atoms with van der Waals surface area (Å²) < 4.78 is 14.6. The molecule has 0 aliphatic heterocycles. The molecule has 2 heterocycles. The van der Waals surface area contributed by atoms with Gasteiger partial charge in [0.1, 0.15) is 5.82 Å². The summed E-state index contributed by atoms with van der Waals surface area (Å²) in [4.78, 5) is 29.8. The Morgan fingerprint density at radius 2 is 1.96 bits per heavy atom. The van der Waals surface area contributed by atoms with Crippen LogP contribution in [0.25, 0.3) is 16.6 Å². The van der Waals surface area contributed by atoms with E-state index >= 15 is 0 Å². The lowest BCUT2D eigenvalue weighted by Gasteiger charge is -2.09. The first-order chi connectivity index (χ1) is 13.0. The second-order valence-corrected chi connectivity index (χ2v) is 6.39. The number of para-hydroxylation sites is 1. The third-order valence-corrected chi connectivity index (χ3v) is 4.52. The summed E-state index contributed by atoms with van der Waals surface area (Å²) >= 11 is 5.76. The van der Waals surface area contributed by atoms with Gasteiger partial charge in [0, 0.05) is 12.7 Å². The van der Waals surface area contributed by atoms with Gasteiger partial charge < -0.3 is 5.32 Å². The highest BCUT2D eigenvalue weighted by molar-refractivity contribution is 6.30. The Morgan fingerprint density at radius 3 is 2.78 bits per heavy atom. The van der Waals surface area contributed by atoms with E-state index in [2.05, 4.69) is 10.3 Å². The molecule has 0 aliphatic carbocycles. The number of carbonyl (C=O) groups is 1. The van der Waals surface area contributed by atoms with E-state index in [1.165, 1.54) is 16.5 Å². The standard InChI is InChI=1S/C20H13ClFN3O2/c21-15-10-12(7-8-16(15)22)11-23-19(26)14-5-3-9-25-18(14)24-17-6-2-1-4-13(17)20(25)27/h1-10H,11H2,(H,23,26). The number of pyridine rings is 1. The largest absolute Gasteiger partial charge is 0.348 e. The molecule has 7 heteroatoms. The van der Waals surface area contributed by atoms with Crippen LogP contribution in [0, 0.1) is 5.82 Å². The number of aromatic nitrogens is 2. The molecular weight excluding hydrogens is 369 g/mol. The molecule has 0 bridgehead atoms. The predicted molar refractivity (Wildman–Crippen MR) is 102 cm³/mol. The fraction of sp³-hybridized carbons (Fsp3) is 0.0500. The third kappa shape index (κ3) is 3.15. The number of nitrogens with zero attached hydrogens (tertiary/aromatic N) is 2. The van der Waals surface area contributed by atoms with Gasteiger partial charge >= 0.3 is 0 Å². The van der Waals surface area contributed by atoms with Crippen molar-refractivity contribution in [3.63, 3.8) is 0 Å². The number of fused-ring (bicyclic) bond motifs is 2. The molecule has 27 heavy (non-hydrogen) atoms. The Bertz CT molecular complexity index is 1250. The fourth-order valence-corrected chi connectivity index (χ4v) is 3.08. The van der Waals surface area contributed by atoms with Gasteiger partial charge in [0.25, 0.3) is 11.5 Å². The van der Waals surface area contributed by atoms with Crippen molar-refractivity contribution in [2.24, 2.45) is 0 Å². The molecule has 2 aromatic heterocycles. The van der Waals surface area contributed by atoms with Crippen LogP contribution in [0.3, 0.4) is 0 Å². The zero-order chi connectivity index (χ0) is 19.0. The lowest BCUT2D eigenvalue weighted by molar-refractivity contribution is 0.0952. The van der Waals surface area contributed by atoms with E-state index in [4.69, 9.17) is 11.6 Å². The number of nitrogens with one attached hydrogen (secondary N) is 1. The van der Waals surface area contributed by atoms with E-state index in [1.807, 2.05) is 0 Å². The van der Waals surface area contributed by atoms with Crippen LogP contribution in [-0.4, -0.2) is 15.3 Å². The molecule has 1 N–H and O–H groups in total. The van der Waals surface area contributed by atoms with Crippen molar-refractivity contribution >= 4 is 34.1 Å². The molecule has 134 valence electrons. The molecule has 0 spiro atoms. The number of benzene rings is 2. The minimum atomic E-state index is -0.517. The van der Waals surface area contributed by atoms with Crippen LogP contribution < -0.4 is 10.9 Å². The van der Waals surface area contributed by atoms with Crippen LogP contribution in [0.15, 0.2) is 65.6 Å². The summed E-state index contributed by atoms with van der Waals surface area (Å²) in [6, 6.07) is 14.4. The number of carbonyl (C=O) groups excluding carboxylic acids is 1. The molecule has 0 radical (unpaired) electrons. The summed E-state index contributed by atoms with van der Waals surface area (Å²) in [5, 5.41) is 3.22. The quantitative estimate of drug-likeness (QED) is 0.552. The summed E-state index contributed by atoms with van der Waals surface area (Å²) in [6.45, 7) is 0.164. The van der Waals surface area contributed by atoms with Gasteiger partial charge in [0.2, 0.25) is 0 Å². The third-order valence-electron chi connectivity index (χ3n) is 4.23. The second kappa shape index (κ2) is 6.81. The SMILES string of the molecule is O=C(NCc1ccc(F)c(Cl)c1)c1cccn2c(=O)c3ccccc3nc12. The van der Waals surface area contributed by atoms with Gasteiger partial charge in [-0.15, -0.1) is 0 Å². The second-order valence-electron chi connectivity index (χ2n) is 5.98. The maximum Gasteiger partial charge on any atom is 0.265 e. The lowest BCUT2D eigenvalue weighted by Crippen LogP contribution is -2.25. The van der Waals surface area contributed by atoms with E-state index in [1.54, 1.807) is 48.7 Å². The van der Waals surface area contributed by atoms with Crippen LogP contribution in [0.2, 0.25) is 5.02 Å². The molecule has 0 saturated carbocycles. The number of hydrogen-bond donors (Lipinski definition) is 1. The van der Waals surface area contributed by atoms with E-state index < -0.39 is 11.7 Å². The van der Waals surface area contributed by atoms with E-state index in [0.29, 0.717) is 16.5 Å². The van der Waals surface area contributed by atoms with Gasteiger partial charge in [-0.2, -0.15) is 0 Å². The zero-order valence-electron chi connectivity index (χ0n) is 13.9. The highest BCUT2D eigenvalue weighted by Gasteiger charge is 2.14. The molecule has 0 fully saturated rings. The van der Waals surface area contributed by atoms with Gasteiger partial charge in [0.05, 0.1) is 21.5 Å². The zero-order valence-corrected chi connectivity index (χ0v) is 14.7. The van der Waals surface area contributed by atoms with Crippen LogP contribution in [-0.2, 0) is 6.54 Å². The normalized spacial score (nSPS) is 11.0. The number of rotatable bonds is 3. The molecule has 0 unspecified atom stereocenters. The van der Waals surface area contributed by atoms with Gasteiger partial charge in [-0.25, -0.2) is 9.37 Å². The van der Waals surface area contributed by atoms with Gasteiger partial charge in [-0.1, -0.05) is 29.8 Å². The Kier molecular flexibility index (Phi) is 4.33. The van der Waals surface area contributed by atoms with Gasteiger partial charge in [-0.3, -0.25) is 14.0 Å². The van der Waals surface area contributed by atoms with Crippen molar-refractivity contribution in [1.29, 1.82) is 0 Å². The molecule has 2 aromatic carbocycles. The molecule has 0 aliphatic rings. The predicted octanol–water partition coefficient (Wildman–Crippen LogP) is 3.57. The molecule has 0 saturated heterocycles. The van der Waals surface area contributed by atoms with E-state index in [-0.39, 0.29) is 28.3 Å². The van der Waals surface area contributed by atoms with E-state index in [0.717, 1.165) is 0 Å². The average molecular weight is 382 g/mol. The maximum atomic E-state index is 13.2. The van der Waals surface area contributed by atoms with Crippen LogP contribution in [0.5, 0.6) is 0 Å². The lowest BCUT2D eigenvalue weighted by atomic mass is 10.2. The highest BCUT2D eigenvalue weighted by Crippen LogP contribution is 2.16. The van der Waals surface area contributed by atoms with E-state index in [9.17, 15) is 14.0 Å².